The highest BCUT2D eigenvalue weighted by molar-refractivity contribution is 5.92. The first-order valence-corrected chi connectivity index (χ1v) is 6.11. The molecule has 0 aliphatic carbocycles. The topological polar surface area (TPSA) is 90.4 Å². The molecule has 1 aromatic carbocycles. The molecule has 0 bridgehead atoms. The monoisotopic (exact) mass is 275 g/mol. The molecule has 3 N–H and O–H groups in total. The van der Waals surface area contributed by atoms with Crippen molar-refractivity contribution in [2.75, 3.05) is 5.73 Å². The van der Waals surface area contributed by atoms with Crippen LogP contribution in [0.15, 0.2) is 30.6 Å². The molecule has 1 heterocycles. The Morgan fingerprint density at radius 2 is 2.15 bits per heavy atom. The van der Waals surface area contributed by atoms with Gasteiger partial charge in [0.05, 0.1) is 0 Å². The predicted octanol–water partition coefficient (Wildman–Crippen LogP) is 2.01. The third-order valence-corrected chi connectivity index (χ3v) is 2.96. The van der Waals surface area contributed by atoms with E-state index in [0.29, 0.717) is 11.5 Å². The number of imidazole rings is 1. The van der Waals surface area contributed by atoms with Crippen molar-refractivity contribution in [2.45, 2.75) is 19.4 Å². The number of carbonyl (C=O) groups is 1. The number of nitrogens with two attached hydrogens (primary N) is 1. The Labute approximate surface area is 116 Å². The van der Waals surface area contributed by atoms with Gasteiger partial charge < -0.3 is 20.1 Å². The fraction of sp³-hybridized carbons (Fsp3) is 0.286. The van der Waals surface area contributed by atoms with Crippen LogP contribution in [0.2, 0.25) is 0 Å². The molecule has 2 rings (SSSR count). The van der Waals surface area contributed by atoms with E-state index >= 15 is 0 Å². The standard InChI is InChI=1S/C14H17N3O3/c1-14(2,13-16-6-7-17(13)3)20-11-5-4-9(15)8-10(11)12(18)19/h4-8H,15H2,1-3H3,(H,18,19). The first-order chi connectivity index (χ1) is 9.31. The number of carboxylic acids is 1. The van der Waals surface area contributed by atoms with Gasteiger partial charge in [0.25, 0.3) is 0 Å². The summed E-state index contributed by atoms with van der Waals surface area (Å²) in [6.45, 7) is 3.66. The zero-order valence-electron chi connectivity index (χ0n) is 11.6. The van der Waals surface area contributed by atoms with Crippen molar-refractivity contribution in [2.24, 2.45) is 7.05 Å². The second-order valence-electron chi connectivity index (χ2n) is 5.03. The van der Waals surface area contributed by atoms with Crippen LogP contribution in [-0.4, -0.2) is 20.6 Å². The van der Waals surface area contributed by atoms with Crippen molar-refractivity contribution in [3.8, 4) is 5.75 Å². The first kappa shape index (κ1) is 13.9. The Kier molecular flexibility index (Phi) is 3.40. The van der Waals surface area contributed by atoms with Gasteiger partial charge in [0.1, 0.15) is 11.3 Å². The number of carboxylic acid groups (broad SMARTS) is 1. The van der Waals surface area contributed by atoms with Gasteiger partial charge in [-0.2, -0.15) is 0 Å². The van der Waals surface area contributed by atoms with Crippen LogP contribution < -0.4 is 10.5 Å². The van der Waals surface area contributed by atoms with Gasteiger partial charge in [-0.25, -0.2) is 9.78 Å². The van der Waals surface area contributed by atoms with E-state index in [-0.39, 0.29) is 11.3 Å². The van der Waals surface area contributed by atoms with Crippen molar-refractivity contribution in [3.63, 3.8) is 0 Å². The average molecular weight is 275 g/mol. The molecular formula is C14H17N3O3. The van der Waals surface area contributed by atoms with E-state index in [1.165, 1.54) is 6.07 Å². The van der Waals surface area contributed by atoms with E-state index in [1.807, 2.05) is 31.7 Å². The van der Waals surface area contributed by atoms with Crippen LogP contribution >= 0.6 is 0 Å². The van der Waals surface area contributed by atoms with Gasteiger partial charge in [0, 0.05) is 25.1 Å². The number of aromatic carboxylic acids is 1. The number of rotatable bonds is 4. The molecule has 0 saturated carbocycles. The molecule has 6 heteroatoms. The second-order valence-corrected chi connectivity index (χ2v) is 5.03. The van der Waals surface area contributed by atoms with E-state index in [4.69, 9.17) is 10.5 Å². The molecule has 6 nitrogen and oxygen atoms in total. The fourth-order valence-corrected chi connectivity index (χ4v) is 2.07. The first-order valence-electron chi connectivity index (χ1n) is 6.11. The van der Waals surface area contributed by atoms with Gasteiger partial charge in [-0.15, -0.1) is 0 Å². The summed E-state index contributed by atoms with van der Waals surface area (Å²) in [4.78, 5) is 15.5. The number of benzene rings is 1. The quantitative estimate of drug-likeness (QED) is 0.833. The van der Waals surface area contributed by atoms with Crippen LogP contribution in [0, 0.1) is 0 Å². The van der Waals surface area contributed by atoms with E-state index in [2.05, 4.69) is 4.98 Å². The third kappa shape index (κ3) is 2.59. The summed E-state index contributed by atoms with van der Waals surface area (Å²) >= 11 is 0. The van der Waals surface area contributed by atoms with Gasteiger partial charge in [-0.3, -0.25) is 0 Å². The van der Waals surface area contributed by atoms with Crippen LogP contribution in [0.1, 0.15) is 30.0 Å². The van der Waals surface area contributed by atoms with Gasteiger partial charge >= 0.3 is 5.97 Å². The van der Waals surface area contributed by atoms with E-state index in [9.17, 15) is 9.90 Å². The molecule has 0 aliphatic rings. The van der Waals surface area contributed by atoms with Gasteiger partial charge in [0.15, 0.2) is 11.4 Å². The molecule has 0 fully saturated rings. The summed E-state index contributed by atoms with van der Waals surface area (Å²) in [6, 6.07) is 4.55. The van der Waals surface area contributed by atoms with Gasteiger partial charge in [-0.05, 0) is 32.0 Å². The maximum absolute atomic E-state index is 11.3. The number of anilines is 1. The Morgan fingerprint density at radius 3 is 2.70 bits per heavy atom. The molecular weight excluding hydrogens is 258 g/mol. The average Bonchev–Trinajstić information content (AvgIpc) is 2.78. The summed E-state index contributed by atoms with van der Waals surface area (Å²) in [7, 11) is 1.86. The Morgan fingerprint density at radius 1 is 1.45 bits per heavy atom. The lowest BCUT2D eigenvalue weighted by Crippen LogP contribution is -2.29. The maximum atomic E-state index is 11.3. The van der Waals surface area contributed by atoms with Crippen LogP contribution in [0.4, 0.5) is 5.69 Å². The highest BCUT2D eigenvalue weighted by Gasteiger charge is 2.29. The maximum Gasteiger partial charge on any atom is 0.339 e. The molecule has 0 unspecified atom stereocenters. The smallest absolute Gasteiger partial charge is 0.339 e. The van der Waals surface area contributed by atoms with Crippen LogP contribution in [0.3, 0.4) is 0 Å². The van der Waals surface area contributed by atoms with Crippen molar-refractivity contribution in [3.05, 3.63) is 42.0 Å². The highest BCUT2D eigenvalue weighted by atomic mass is 16.5. The number of nitrogens with zero attached hydrogens (tertiary/aromatic N) is 2. The summed E-state index contributed by atoms with van der Waals surface area (Å²) in [5.74, 6) is -0.117. The SMILES string of the molecule is Cn1ccnc1C(C)(C)Oc1ccc(N)cc1C(=O)O. The predicted molar refractivity (Wildman–Crippen MR) is 74.7 cm³/mol. The van der Waals surface area contributed by atoms with Crippen molar-refractivity contribution < 1.29 is 14.6 Å². The number of aryl methyl sites for hydroxylation is 1. The molecule has 0 aliphatic heterocycles. The van der Waals surface area contributed by atoms with Gasteiger partial charge in [0.2, 0.25) is 0 Å². The molecule has 0 radical (unpaired) electrons. The zero-order valence-corrected chi connectivity index (χ0v) is 11.6. The third-order valence-electron chi connectivity index (χ3n) is 2.96. The summed E-state index contributed by atoms with van der Waals surface area (Å²) in [5.41, 5.74) is 5.26. The normalized spacial score (nSPS) is 11.3. The lowest BCUT2D eigenvalue weighted by atomic mass is 10.1. The zero-order chi connectivity index (χ0) is 14.9. The second kappa shape index (κ2) is 4.88. The summed E-state index contributed by atoms with van der Waals surface area (Å²) in [5, 5.41) is 9.22. The molecule has 106 valence electrons. The lowest BCUT2D eigenvalue weighted by molar-refractivity contribution is 0.0663. The summed E-state index contributed by atoms with van der Waals surface area (Å²) < 4.78 is 7.69. The molecule has 1 aromatic heterocycles. The number of hydrogen-bond donors (Lipinski definition) is 2. The number of nitrogen functional groups attached to an aromatic ring is 1. The molecule has 2 aromatic rings. The van der Waals surface area contributed by atoms with E-state index in [1.54, 1.807) is 18.3 Å². The van der Waals surface area contributed by atoms with E-state index in [0.717, 1.165) is 0 Å². The van der Waals surface area contributed by atoms with Crippen molar-refractivity contribution >= 4 is 11.7 Å². The Hall–Kier alpha value is -2.50. The fourth-order valence-electron chi connectivity index (χ4n) is 2.07. The number of hydrogen-bond acceptors (Lipinski definition) is 4. The minimum atomic E-state index is -1.08. The van der Waals surface area contributed by atoms with E-state index < -0.39 is 11.6 Å². The molecule has 0 saturated heterocycles. The molecule has 20 heavy (non-hydrogen) atoms. The summed E-state index contributed by atoms with van der Waals surface area (Å²) in [6.07, 6.45) is 3.48. The van der Waals surface area contributed by atoms with Crippen LogP contribution in [0.5, 0.6) is 5.75 Å². The molecule has 0 spiro atoms. The number of aromatic nitrogens is 2. The highest BCUT2D eigenvalue weighted by Crippen LogP contribution is 2.30. The minimum absolute atomic E-state index is 0.0345. The minimum Gasteiger partial charge on any atom is -0.479 e. The molecule has 0 amide bonds. The number of ether oxygens (including phenoxy) is 1. The lowest BCUT2D eigenvalue weighted by Gasteiger charge is -2.26. The Bertz CT molecular complexity index is 647. The van der Waals surface area contributed by atoms with Crippen LogP contribution in [-0.2, 0) is 12.6 Å². The van der Waals surface area contributed by atoms with Gasteiger partial charge in [-0.1, -0.05) is 0 Å². The molecule has 0 atom stereocenters. The van der Waals surface area contributed by atoms with Crippen molar-refractivity contribution in [1.82, 2.24) is 9.55 Å². The Balaban J connectivity index is 2.39. The van der Waals surface area contributed by atoms with Crippen molar-refractivity contribution in [1.29, 1.82) is 0 Å². The van der Waals surface area contributed by atoms with Crippen LogP contribution in [0.25, 0.3) is 0 Å². The largest absolute Gasteiger partial charge is 0.479 e.